The van der Waals surface area contributed by atoms with Crippen LogP contribution in [0.25, 0.3) is 0 Å². The number of benzene rings is 1. The van der Waals surface area contributed by atoms with Gasteiger partial charge in [0.2, 0.25) is 0 Å². The van der Waals surface area contributed by atoms with Crippen molar-refractivity contribution >= 4 is 23.0 Å². The minimum Gasteiger partial charge on any atom is -0.396 e. The summed E-state index contributed by atoms with van der Waals surface area (Å²) >= 11 is 5.84. The molecule has 1 heterocycles. The highest BCUT2D eigenvalue weighted by molar-refractivity contribution is 6.32. The Labute approximate surface area is 129 Å². The number of aliphatic hydroxyl groups is 1. The zero-order valence-corrected chi connectivity index (χ0v) is 12.6. The van der Waals surface area contributed by atoms with E-state index in [1.165, 1.54) is 0 Å². The molecule has 7 heteroatoms. The summed E-state index contributed by atoms with van der Waals surface area (Å²) in [5, 5.41) is 19.9. The number of anilines is 1. The van der Waals surface area contributed by atoms with Gasteiger partial charge < -0.3 is 10.0 Å². The number of nitrogens with zero attached hydrogens (tertiary/aromatic N) is 3. The van der Waals surface area contributed by atoms with Crippen LogP contribution >= 0.6 is 11.6 Å². The fourth-order valence-corrected chi connectivity index (χ4v) is 2.70. The van der Waals surface area contributed by atoms with E-state index < -0.39 is 4.92 Å². The van der Waals surface area contributed by atoms with Crippen LogP contribution in [0.4, 0.5) is 11.4 Å². The van der Waals surface area contributed by atoms with E-state index in [0.29, 0.717) is 0 Å². The molecular weight excluding hydrogens is 294 g/mol. The van der Waals surface area contributed by atoms with E-state index in [4.69, 9.17) is 16.7 Å². The molecule has 116 valence electrons. The molecule has 1 aliphatic heterocycles. The minimum atomic E-state index is -0.447. The molecule has 1 aromatic carbocycles. The second-order valence-electron chi connectivity index (χ2n) is 5.15. The maximum absolute atomic E-state index is 10.9. The van der Waals surface area contributed by atoms with Gasteiger partial charge in [-0.25, -0.2) is 0 Å². The summed E-state index contributed by atoms with van der Waals surface area (Å²) < 4.78 is 0. The molecule has 0 saturated carbocycles. The number of halogens is 1. The highest BCUT2D eigenvalue weighted by atomic mass is 35.5. The number of rotatable bonds is 6. The van der Waals surface area contributed by atoms with Crippen molar-refractivity contribution in [3.05, 3.63) is 33.3 Å². The van der Waals surface area contributed by atoms with Crippen LogP contribution in [-0.4, -0.2) is 54.3 Å². The smallest absolute Gasteiger partial charge is 0.289 e. The van der Waals surface area contributed by atoms with Gasteiger partial charge in [0, 0.05) is 44.5 Å². The van der Waals surface area contributed by atoms with Crippen LogP contribution in [0.3, 0.4) is 0 Å². The zero-order valence-electron chi connectivity index (χ0n) is 11.9. The zero-order chi connectivity index (χ0) is 15.2. The van der Waals surface area contributed by atoms with E-state index in [1.807, 2.05) is 6.07 Å². The van der Waals surface area contributed by atoms with Gasteiger partial charge in [0.1, 0.15) is 5.02 Å². The molecule has 1 fully saturated rings. The fraction of sp³-hybridized carbons (Fsp3) is 0.571. The van der Waals surface area contributed by atoms with E-state index >= 15 is 0 Å². The summed E-state index contributed by atoms with van der Waals surface area (Å²) in [5.74, 6) is 0. The average Bonchev–Trinajstić information content (AvgIpc) is 2.48. The van der Waals surface area contributed by atoms with Gasteiger partial charge >= 0.3 is 0 Å². The maximum Gasteiger partial charge on any atom is 0.289 e. The van der Waals surface area contributed by atoms with Gasteiger partial charge in [0.15, 0.2) is 0 Å². The molecular formula is C14H20ClN3O3. The summed E-state index contributed by atoms with van der Waals surface area (Å²) in [5.41, 5.74) is 0.806. The average molecular weight is 314 g/mol. The Kier molecular flexibility index (Phi) is 5.78. The monoisotopic (exact) mass is 313 g/mol. The van der Waals surface area contributed by atoms with Crippen LogP contribution in [0.1, 0.15) is 12.8 Å². The first-order valence-corrected chi connectivity index (χ1v) is 7.51. The molecule has 21 heavy (non-hydrogen) atoms. The molecule has 2 rings (SSSR count). The molecule has 1 N–H and O–H groups in total. The normalized spacial score (nSPS) is 16.2. The highest BCUT2D eigenvalue weighted by Gasteiger charge is 2.20. The van der Waals surface area contributed by atoms with Gasteiger partial charge in [-0.05, 0) is 31.5 Å². The summed E-state index contributed by atoms with van der Waals surface area (Å²) in [4.78, 5) is 15.0. The molecule has 0 amide bonds. The number of piperazine rings is 1. The van der Waals surface area contributed by atoms with E-state index in [0.717, 1.165) is 51.3 Å². The van der Waals surface area contributed by atoms with Crippen LogP contribution in [0.2, 0.25) is 5.02 Å². The van der Waals surface area contributed by atoms with Crippen molar-refractivity contribution in [3.8, 4) is 0 Å². The van der Waals surface area contributed by atoms with Crippen LogP contribution < -0.4 is 4.90 Å². The Balaban J connectivity index is 1.93. The van der Waals surface area contributed by atoms with E-state index in [9.17, 15) is 10.1 Å². The van der Waals surface area contributed by atoms with Crippen molar-refractivity contribution in [2.24, 2.45) is 0 Å². The summed E-state index contributed by atoms with van der Waals surface area (Å²) in [6, 6.07) is 4.96. The third-order valence-electron chi connectivity index (χ3n) is 3.75. The van der Waals surface area contributed by atoms with Crippen molar-refractivity contribution < 1.29 is 10.0 Å². The SMILES string of the molecule is O=[N+]([O-])c1cc(N2CCN(CCCCO)CC2)ccc1Cl. The van der Waals surface area contributed by atoms with Crippen molar-refractivity contribution in [1.82, 2.24) is 4.90 Å². The molecule has 6 nitrogen and oxygen atoms in total. The predicted molar refractivity (Wildman–Crippen MR) is 83.1 cm³/mol. The van der Waals surface area contributed by atoms with Crippen molar-refractivity contribution in [3.63, 3.8) is 0 Å². The van der Waals surface area contributed by atoms with Crippen molar-refractivity contribution in [2.45, 2.75) is 12.8 Å². The number of hydrogen-bond donors (Lipinski definition) is 1. The molecule has 0 aromatic heterocycles. The van der Waals surface area contributed by atoms with Crippen molar-refractivity contribution in [2.75, 3.05) is 44.2 Å². The summed E-state index contributed by atoms with van der Waals surface area (Å²) in [6.07, 6.45) is 1.84. The molecule has 0 radical (unpaired) electrons. The Morgan fingerprint density at radius 3 is 2.57 bits per heavy atom. The van der Waals surface area contributed by atoms with Gasteiger partial charge in [-0.3, -0.25) is 15.0 Å². The standard InChI is InChI=1S/C14H20ClN3O3/c15-13-4-3-12(11-14(13)18(20)21)17-8-6-16(7-9-17)5-1-2-10-19/h3-4,11,19H,1-2,5-10H2. The van der Waals surface area contributed by atoms with E-state index in [2.05, 4.69) is 9.80 Å². The second-order valence-corrected chi connectivity index (χ2v) is 5.56. The Bertz CT molecular complexity index is 490. The maximum atomic E-state index is 10.9. The third kappa shape index (κ3) is 4.30. The lowest BCUT2D eigenvalue weighted by Gasteiger charge is -2.36. The highest BCUT2D eigenvalue weighted by Crippen LogP contribution is 2.29. The Morgan fingerprint density at radius 2 is 1.95 bits per heavy atom. The van der Waals surface area contributed by atoms with Crippen LogP contribution in [0, 0.1) is 10.1 Å². The minimum absolute atomic E-state index is 0.0421. The summed E-state index contributed by atoms with van der Waals surface area (Å²) in [7, 11) is 0. The number of nitro groups is 1. The molecule has 1 saturated heterocycles. The van der Waals surface area contributed by atoms with Gasteiger partial charge in [-0.15, -0.1) is 0 Å². The lowest BCUT2D eigenvalue weighted by atomic mass is 10.2. The second kappa shape index (κ2) is 7.59. The lowest BCUT2D eigenvalue weighted by molar-refractivity contribution is -0.384. The number of aliphatic hydroxyl groups excluding tert-OH is 1. The number of nitro benzene ring substituents is 1. The summed E-state index contributed by atoms with van der Waals surface area (Å²) in [6.45, 7) is 4.79. The van der Waals surface area contributed by atoms with Crippen molar-refractivity contribution in [1.29, 1.82) is 0 Å². The molecule has 0 bridgehead atoms. The first-order chi connectivity index (χ1) is 10.1. The molecule has 0 aliphatic carbocycles. The first-order valence-electron chi connectivity index (χ1n) is 7.14. The van der Waals surface area contributed by atoms with Gasteiger partial charge in [0.05, 0.1) is 4.92 Å². The number of hydrogen-bond acceptors (Lipinski definition) is 5. The van der Waals surface area contributed by atoms with Crippen LogP contribution in [0.5, 0.6) is 0 Å². The van der Waals surface area contributed by atoms with Gasteiger partial charge in [-0.1, -0.05) is 11.6 Å². The Morgan fingerprint density at radius 1 is 1.24 bits per heavy atom. The van der Waals surface area contributed by atoms with E-state index in [-0.39, 0.29) is 17.3 Å². The van der Waals surface area contributed by atoms with Gasteiger partial charge in [-0.2, -0.15) is 0 Å². The van der Waals surface area contributed by atoms with Crippen LogP contribution in [-0.2, 0) is 0 Å². The van der Waals surface area contributed by atoms with Crippen LogP contribution in [0.15, 0.2) is 18.2 Å². The Hall–Kier alpha value is -1.37. The quantitative estimate of drug-likeness (QED) is 0.495. The largest absolute Gasteiger partial charge is 0.396 e. The lowest BCUT2D eigenvalue weighted by Crippen LogP contribution is -2.46. The molecule has 0 spiro atoms. The molecule has 0 atom stereocenters. The van der Waals surface area contributed by atoms with Gasteiger partial charge in [0.25, 0.3) is 5.69 Å². The number of unbranched alkanes of at least 4 members (excludes halogenated alkanes) is 1. The first kappa shape index (κ1) is 16.0. The topological polar surface area (TPSA) is 69.9 Å². The van der Waals surface area contributed by atoms with E-state index in [1.54, 1.807) is 12.1 Å². The molecule has 0 unspecified atom stereocenters. The molecule has 1 aliphatic rings. The predicted octanol–water partition coefficient (Wildman–Crippen LogP) is 2.14. The fourth-order valence-electron chi connectivity index (χ4n) is 2.51. The third-order valence-corrected chi connectivity index (χ3v) is 4.07. The molecule has 1 aromatic rings.